The van der Waals surface area contributed by atoms with Gasteiger partial charge in [-0.1, -0.05) is 30.3 Å². The van der Waals surface area contributed by atoms with Crippen molar-refractivity contribution in [3.05, 3.63) is 65.7 Å². The van der Waals surface area contributed by atoms with E-state index in [2.05, 4.69) is 5.32 Å². The van der Waals surface area contributed by atoms with Gasteiger partial charge in [-0.15, -0.1) is 0 Å². The molecule has 1 unspecified atom stereocenters. The van der Waals surface area contributed by atoms with E-state index in [1.165, 1.54) is 4.90 Å². The molecule has 1 saturated heterocycles. The number of ketones is 1. The normalized spacial score (nSPS) is 16.3. The van der Waals surface area contributed by atoms with E-state index in [4.69, 9.17) is 10.5 Å². The fourth-order valence-electron chi connectivity index (χ4n) is 4.19. The molecule has 1 aliphatic rings. The molecule has 2 atom stereocenters. The molecule has 8 nitrogen and oxygen atoms in total. The largest absolute Gasteiger partial charge is 0.458 e. The number of carbonyl (C=O) groups excluding carboxylic acids is 4. The van der Waals surface area contributed by atoms with E-state index >= 15 is 0 Å². The van der Waals surface area contributed by atoms with Gasteiger partial charge in [0.25, 0.3) is 5.91 Å². The van der Waals surface area contributed by atoms with E-state index in [1.54, 1.807) is 57.2 Å². The molecule has 1 fully saturated rings. The molecule has 36 heavy (non-hydrogen) atoms. The van der Waals surface area contributed by atoms with Crippen molar-refractivity contribution in [1.82, 2.24) is 10.2 Å². The van der Waals surface area contributed by atoms with Crippen LogP contribution in [0, 0.1) is 0 Å². The Morgan fingerprint density at radius 1 is 1.03 bits per heavy atom. The van der Waals surface area contributed by atoms with Gasteiger partial charge < -0.3 is 20.7 Å². The van der Waals surface area contributed by atoms with Crippen LogP contribution in [0.5, 0.6) is 0 Å². The summed E-state index contributed by atoms with van der Waals surface area (Å²) in [6.45, 7) is 5.82. The molecule has 8 heteroatoms. The van der Waals surface area contributed by atoms with Crippen molar-refractivity contribution in [2.75, 3.05) is 12.3 Å². The molecule has 3 rings (SSSR count). The first-order valence-electron chi connectivity index (χ1n) is 12.3. The van der Waals surface area contributed by atoms with Crippen molar-refractivity contribution < 1.29 is 23.9 Å². The summed E-state index contributed by atoms with van der Waals surface area (Å²) in [5.74, 6) is -1.30. The molecule has 1 heterocycles. The number of ether oxygens (including phenoxy) is 1. The van der Waals surface area contributed by atoms with Crippen molar-refractivity contribution in [1.29, 1.82) is 0 Å². The van der Waals surface area contributed by atoms with E-state index in [0.29, 0.717) is 30.6 Å². The second-order valence-corrected chi connectivity index (χ2v) is 10.1. The maximum atomic E-state index is 13.2. The number of benzene rings is 2. The Balaban J connectivity index is 1.66. The number of esters is 1. The Morgan fingerprint density at radius 2 is 1.69 bits per heavy atom. The zero-order chi connectivity index (χ0) is 26.3. The van der Waals surface area contributed by atoms with Crippen LogP contribution in [0.1, 0.15) is 62.4 Å². The number of nitrogen functional groups attached to an aromatic ring is 1. The topological polar surface area (TPSA) is 119 Å². The highest BCUT2D eigenvalue weighted by molar-refractivity contribution is 5.98. The van der Waals surface area contributed by atoms with Gasteiger partial charge in [-0.25, -0.2) is 4.79 Å². The second kappa shape index (κ2) is 11.8. The number of nitrogens with zero attached hydrogens (tertiary/aromatic N) is 1. The lowest BCUT2D eigenvalue weighted by atomic mass is 9.98. The minimum Gasteiger partial charge on any atom is -0.458 e. The van der Waals surface area contributed by atoms with Crippen LogP contribution in [-0.2, 0) is 25.5 Å². The summed E-state index contributed by atoms with van der Waals surface area (Å²) < 4.78 is 5.47. The standard InChI is InChI=1S/C28H35N3O5/c1-28(2,3)36-27(35)23-10-7-17-31(23)25(33)16-15-24(32)22(18-19-11-13-21(29)14-12-19)30-26(34)20-8-5-4-6-9-20/h4-6,8-9,11-14,22-23H,7,10,15-18,29H2,1-3H3,(H,30,34)/t22?,23-/m0/s1. The number of carbonyl (C=O) groups is 4. The SMILES string of the molecule is CC(C)(C)OC(=O)[C@@H]1CCCN1C(=O)CCC(=O)C(Cc1ccc(N)cc1)NC(=O)c1ccccc1. The van der Waals surface area contributed by atoms with E-state index in [9.17, 15) is 19.2 Å². The van der Waals surface area contributed by atoms with Gasteiger partial charge >= 0.3 is 5.97 Å². The summed E-state index contributed by atoms with van der Waals surface area (Å²) in [7, 11) is 0. The van der Waals surface area contributed by atoms with Gasteiger partial charge in [-0.3, -0.25) is 14.4 Å². The lowest BCUT2D eigenvalue weighted by Crippen LogP contribution is -2.45. The van der Waals surface area contributed by atoms with Crippen LogP contribution in [0.2, 0.25) is 0 Å². The second-order valence-electron chi connectivity index (χ2n) is 10.1. The molecular formula is C28H35N3O5. The first-order valence-corrected chi connectivity index (χ1v) is 12.3. The Bertz CT molecular complexity index is 1080. The molecule has 0 radical (unpaired) electrons. The third-order valence-corrected chi connectivity index (χ3v) is 5.99. The van der Waals surface area contributed by atoms with E-state index < -0.39 is 23.7 Å². The lowest BCUT2D eigenvalue weighted by molar-refractivity contribution is -0.163. The third-order valence-electron chi connectivity index (χ3n) is 5.99. The fourth-order valence-corrected chi connectivity index (χ4v) is 4.19. The number of rotatable bonds is 9. The maximum Gasteiger partial charge on any atom is 0.329 e. The van der Waals surface area contributed by atoms with Gasteiger partial charge in [0.15, 0.2) is 5.78 Å². The Labute approximate surface area is 212 Å². The van der Waals surface area contributed by atoms with Crippen molar-refractivity contribution in [2.24, 2.45) is 0 Å². The molecule has 2 aromatic carbocycles. The van der Waals surface area contributed by atoms with Crippen LogP contribution in [0.4, 0.5) is 5.69 Å². The van der Waals surface area contributed by atoms with E-state index in [1.807, 2.05) is 18.2 Å². The van der Waals surface area contributed by atoms with Crippen molar-refractivity contribution >= 4 is 29.3 Å². The predicted molar refractivity (Wildman–Crippen MR) is 137 cm³/mol. The average Bonchev–Trinajstić information content (AvgIpc) is 3.33. The van der Waals surface area contributed by atoms with Gasteiger partial charge in [-0.2, -0.15) is 0 Å². The molecule has 192 valence electrons. The quantitative estimate of drug-likeness (QED) is 0.409. The van der Waals surface area contributed by atoms with Crippen LogP contribution in [0.3, 0.4) is 0 Å². The number of Topliss-reactive ketones (excluding diaryl/α,β-unsaturated/α-hetero) is 1. The molecule has 0 aliphatic carbocycles. The molecule has 2 amide bonds. The third kappa shape index (κ3) is 7.66. The number of likely N-dealkylation sites (tertiary alicyclic amines) is 1. The average molecular weight is 494 g/mol. The highest BCUT2D eigenvalue weighted by atomic mass is 16.6. The summed E-state index contributed by atoms with van der Waals surface area (Å²) in [5.41, 5.74) is 7.01. The Kier molecular flexibility index (Phi) is 8.85. The summed E-state index contributed by atoms with van der Waals surface area (Å²) in [6.07, 6.45) is 1.43. The van der Waals surface area contributed by atoms with Crippen molar-refractivity contribution in [3.8, 4) is 0 Å². The molecule has 0 saturated carbocycles. The summed E-state index contributed by atoms with van der Waals surface area (Å²) in [6, 6.07) is 14.3. The smallest absolute Gasteiger partial charge is 0.329 e. The van der Waals surface area contributed by atoms with Gasteiger partial charge in [0.1, 0.15) is 11.6 Å². The molecule has 2 aromatic rings. The molecular weight excluding hydrogens is 458 g/mol. The van der Waals surface area contributed by atoms with Crippen LogP contribution < -0.4 is 11.1 Å². The van der Waals surface area contributed by atoms with E-state index in [-0.39, 0.29) is 36.9 Å². The zero-order valence-corrected chi connectivity index (χ0v) is 21.2. The van der Waals surface area contributed by atoms with Crippen LogP contribution in [0.25, 0.3) is 0 Å². The number of nitrogens with two attached hydrogens (primary N) is 1. The fraction of sp³-hybridized carbons (Fsp3) is 0.429. The zero-order valence-electron chi connectivity index (χ0n) is 21.2. The molecule has 0 spiro atoms. The predicted octanol–water partition coefficient (Wildman–Crippen LogP) is 3.29. The molecule has 1 aliphatic heterocycles. The van der Waals surface area contributed by atoms with Gasteiger partial charge in [0.05, 0.1) is 6.04 Å². The monoisotopic (exact) mass is 493 g/mol. The molecule has 0 bridgehead atoms. The lowest BCUT2D eigenvalue weighted by Gasteiger charge is -2.27. The minimum absolute atomic E-state index is 0.0441. The number of nitrogens with one attached hydrogen (secondary N) is 1. The summed E-state index contributed by atoms with van der Waals surface area (Å²) in [5, 5.41) is 2.82. The highest BCUT2D eigenvalue weighted by Crippen LogP contribution is 2.22. The van der Waals surface area contributed by atoms with Crippen LogP contribution in [-0.4, -0.2) is 52.7 Å². The number of hydrogen-bond acceptors (Lipinski definition) is 6. The first kappa shape index (κ1) is 26.9. The summed E-state index contributed by atoms with van der Waals surface area (Å²) in [4.78, 5) is 53.0. The number of hydrogen-bond donors (Lipinski definition) is 2. The van der Waals surface area contributed by atoms with E-state index in [0.717, 1.165) is 5.56 Å². The van der Waals surface area contributed by atoms with Crippen molar-refractivity contribution in [2.45, 2.75) is 70.6 Å². The number of anilines is 1. The van der Waals surface area contributed by atoms with Gasteiger partial charge in [-0.05, 0) is 69.9 Å². The van der Waals surface area contributed by atoms with Crippen molar-refractivity contribution in [3.63, 3.8) is 0 Å². The Morgan fingerprint density at radius 3 is 2.33 bits per heavy atom. The van der Waals surface area contributed by atoms with Gasteiger partial charge in [0.2, 0.25) is 5.91 Å². The van der Waals surface area contributed by atoms with Crippen LogP contribution >= 0.6 is 0 Å². The highest BCUT2D eigenvalue weighted by Gasteiger charge is 2.37. The maximum absolute atomic E-state index is 13.2. The number of amides is 2. The summed E-state index contributed by atoms with van der Waals surface area (Å²) >= 11 is 0. The molecule has 0 aromatic heterocycles. The first-order chi connectivity index (χ1) is 17.0. The van der Waals surface area contributed by atoms with Gasteiger partial charge in [0, 0.05) is 30.6 Å². The Hall–Kier alpha value is -3.68. The van der Waals surface area contributed by atoms with Crippen LogP contribution in [0.15, 0.2) is 54.6 Å². The minimum atomic E-state index is -0.811. The molecule has 3 N–H and O–H groups in total.